The molecule has 0 spiro atoms. The maximum absolute atomic E-state index is 14.2. The Labute approximate surface area is 309 Å². The minimum absolute atomic E-state index is 0.167. The zero-order chi connectivity index (χ0) is 39.2. The molecule has 0 atom stereocenters. The number of methoxy groups -OCH3 is 1. The van der Waals surface area contributed by atoms with E-state index in [1.165, 1.54) is 0 Å². The SMILES string of the molecule is COc1ccc2c(c1)c(C(=O)Oc1c(C)cc(C(=O)OCc3ccccc3)cc1C)c1cc(OCc3ccccc3)ccc1[n+]2C.O=S(=O)([O-])C(F)(F)F. The van der Waals surface area contributed by atoms with Crippen molar-refractivity contribution in [1.82, 2.24) is 0 Å². The smallest absolute Gasteiger partial charge is 0.485 e. The van der Waals surface area contributed by atoms with Gasteiger partial charge in [0.2, 0.25) is 11.0 Å². The lowest BCUT2D eigenvalue weighted by Gasteiger charge is -2.15. The molecule has 0 N–H and O–H groups in total. The van der Waals surface area contributed by atoms with E-state index in [1.54, 1.807) is 19.2 Å². The lowest BCUT2D eigenvalue weighted by Crippen LogP contribution is -2.31. The van der Waals surface area contributed by atoms with E-state index in [2.05, 4.69) is 0 Å². The maximum atomic E-state index is 14.2. The third-order valence-electron chi connectivity index (χ3n) is 8.27. The first-order valence-corrected chi connectivity index (χ1v) is 17.6. The molecule has 0 radical (unpaired) electrons. The van der Waals surface area contributed by atoms with Crippen LogP contribution >= 0.6 is 0 Å². The number of rotatable bonds is 9. The van der Waals surface area contributed by atoms with Crippen LogP contribution < -0.4 is 18.8 Å². The van der Waals surface area contributed by atoms with E-state index in [1.807, 2.05) is 123 Å². The fraction of sp³-hybridized carbons (Fsp3) is 0.175. The molecule has 0 unspecified atom stereocenters. The monoisotopic (exact) mass is 761 g/mol. The summed E-state index contributed by atoms with van der Waals surface area (Å²) in [6.45, 7) is 4.17. The minimum atomic E-state index is -6.09. The van der Waals surface area contributed by atoms with Gasteiger partial charge < -0.3 is 23.5 Å². The number of aryl methyl sites for hydroxylation is 3. The number of benzene rings is 5. The summed E-state index contributed by atoms with van der Waals surface area (Å²) in [4.78, 5) is 27.1. The average Bonchev–Trinajstić information content (AvgIpc) is 3.14. The van der Waals surface area contributed by atoms with Crippen molar-refractivity contribution in [2.75, 3.05) is 7.11 Å². The van der Waals surface area contributed by atoms with Crippen LogP contribution in [0, 0.1) is 13.8 Å². The lowest BCUT2D eigenvalue weighted by atomic mass is 10.0. The number of fused-ring (bicyclic) bond motifs is 2. The summed E-state index contributed by atoms with van der Waals surface area (Å²) in [7, 11) is -2.54. The molecule has 54 heavy (non-hydrogen) atoms. The predicted molar refractivity (Wildman–Crippen MR) is 192 cm³/mol. The van der Waals surface area contributed by atoms with Crippen LogP contribution in [-0.2, 0) is 35.1 Å². The summed E-state index contributed by atoms with van der Waals surface area (Å²) < 4.78 is 84.3. The summed E-state index contributed by atoms with van der Waals surface area (Å²) in [5.41, 5.74) is 0.0113. The van der Waals surface area contributed by atoms with Gasteiger partial charge in [0.1, 0.15) is 37.5 Å². The standard InChI is InChI=1S/C39H34NO6.CHF3O3S/c1-25-19-29(38(41)45-24-28-13-9-6-10-14-28)20-26(2)37(25)46-39(42)36-32-21-30(43-4)15-17-34(32)40(3)35-18-16-31(22-33(35)36)44-23-27-11-7-5-8-12-27;2-1(3,4)8(5,6)7/h5-22H,23-24H2,1-4H3;(H,5,6,7)/q+1;/p-1. The molecule has 0 bridgehead atoms. The highest BCUT2D eigenvalue weighted by Crippen LogP contribution is 2.33. The van der Waals surface area contributed by atoms with E-state index in [0.717, 1.165) is 22.2 Å². The second-order valence-corrected chi connectivity index (χ2v) is 13.4. The van der Waals surface area contributed by atoms with Gasteiger partial charge in [-0.15, -0.1) is 0 Å². The number of pyridine rings is 1. The van der Waals surface area contributed by atoms with Crippen LogP contribution in [0.25, 0.3) is 21.8 Å². The quantitative estimate of drug-likeness (QED) is 0.0364. The first-order chi connectivity index (χ1) is 25.6. The highest BCUT2D eigenvalue weighted by atomic mass is 32.2. The Balaban J connectivity index is 0.000000631. The second kappa shape index (κ2) is 16.4. The van der Waals surface area contributed by atoms with Gasteiger partial charge in [0.25, 0.3) is 0 Å². The topological polar surface area (TPSA) is 132 Å². The molecule has 280 valence electrons. The number of hydrogen-bond donors (Lipinski definition) is 0. The van der Waals surface area contributed by atoms with Gasteiger partial charge in [-0.2, -0.15) is 17.7 Å². The molecule has 6 rings (SSSR count). The summed E-state index contributed by atoms with van der Waals surface area (Å²) in [6.07, 6.45) is 0. The minimum Gasteiger partial charge on any atom is -0.741 e. The van der Waals surface area contributed by atoms with E-state index >= 15 is 0 Å². The maximum Gasteiger partial charge on any atom is 0.485 e. The van der Waals surface area contributed by atoms with E-state index in [4.69, 9.17) is 31.9 Å². The van der Waals surface area contributed by atoms with Crippen LogP contribution in [0.15, 0.2) is 109 Å². The molecule has 1 heterocycles. The number of nitrogens with zero attached hydrogens (tertiary/aromatic N) is 1. The zero-order valence-electron chi connectivity index (χ0n) is 29.5. The van der Waals surface area contributed by atoms with Gasteiger partial charge in [0, 0.05) is 12.1 Å². The Morgan fingerprint density at radius 2 is 1.20 bits per heavy atom. The van der Waals surface area contributed by atoms with Gasteiger partial charge in [0.15, 0.2) is 10.1 Å². The number of ether oxygens (including phenoxy) is 4. The normalized spacial score (nSPS) is 11.4. The number of carbonyl (C=O) groups excluding carboxylic acids is 2. The van der Waals surface area contributed by atoms with Crippen LogP contribution in [0.3, 0.4) is 0 Å². The van der Waals surface area contributed by atoms with Crippen molar-refractivity contribution in [3.63, 3.8) is 0 Å². The van der Waals surface area contributed by atoms with Gasteiger partial charge in [-0.3, -0.25) is 0 Å². The average molecular weight is 762 g/mol. The summed E-state index contributed by atoms with van der Waals surface area (Å²) in [5.74, 6) is 0.644. The van der Waals surface area contributed by atoms with Gasteiger partial charge >= 0.3 is 17.4 Å². The van der Waals surface area contributed by atoms with E-state index in [0.29, 0.717) is 56.9 Å². The van der Waals surface area contributed by atoms with Gasteiger partial charge in [-0.25, -0.2) is 18.0 Å². The third-order valence-corrected chi connectivity index (χ3v) is 8.84. The summed E-state index contributed by atoms with van der Waals surface area (Å²) >= 11 is 0. The molecular formula is C40H34F3NO9S. The molecule has 5 aromatic carbocycles. The van der Waals surface area contributed by atoms with Crippen molar-refractivity contribution in [3.05, 3.63) is 143 Å². The molecule has 6 aromatic rings. The summed E-state index contributed by atoms with van der Waals surface area (Å²) in [5, 5.41) is 1.35. The number of halogens is 3. The largest absolute Gasteiger partial charge is 0.741 e. The molecule has 0 aliphatic carbocycles. The molecule has 1 aromatic heterocycles. The highest BCUT2D eigenvalue weighted by Gasteiger charge is 2.37. The first-order valence-electron chi connectivity index (χ1n) is 16.2. The van der Waals surface area contributed by atoms with Crippen molar-refractivity contribution in [3.8, 4) is 17.2 Å². The molecule has 0 aliphatic rings. The Bertz CT molecular complexity index is 2410. The van der Waals surface area contributed by atoms with Crippen LogP contribution in [0.4, 0.5) is 13.2 Å². The molecule has 0 saturated carbocycles. The summed E-state index contributed by atoms with van der Waals surface area (Å²) in [6, 6.07) is 34.1. The van der Waals surface area contributed by atoms with Crippen molar-refractivity contribution in [2.45, 2.75) is 32.6 Å². The molecule has 0 aliphatic heterocycles. The second-order valence-electron chi connectivity index (χ2n) is 12.1. The van der Waals surface area contributed by atoms with Crippen LogP contribution in [-0.4, -0.2) is 37.5 Å². The number of alkyl halides is 3. The zero-order valence-corrected chi connectivity index (χ0v) is 30.3. The van der Waals surface area contributed by atoms with Crippen molar-refractivity contribution >= 4 is 43.9 Å². The Hall–Kier alpha value is -5.99. The van der Waals surface area contributed by atoms with Crippen LogP contribution in [0.5, 0.6) is 17.2 Å². The van der Waals surface area contributed by atoms with E-state index in [9.17, 15) is 22.8 Å². The molecule has 0 fully saturated rings. The first kappa shape index (κ1) is 39.2. The molecule has 0 amide bonds. The van der Waals surface area contributed by atoms with Gasteiger partial charge in [0.05, 0.1) is 29.0 Å². The molecule has 0 saturated heterocycles. The predicted octanol–water partition coefficient (Wildman–Crippen LogP) is 7.65. The fourth-order valence-corrected chi connectivity index (χ4v) is 5.65. The lowest BCUT2D eigenvalue weighted by molar-refractivity contribution is -0.617. The Morgan fingerprint density at radius 1 is 0.722 bits per heavy atom. The number of carbonyl (C=O) groups is 2. The Kier molecular flexibility index (Phi) is 11.9. The van der Waals surface area contributed by atoms with Crippen LogP contribution in [0.1, 0.15) is 43.0 Å². The highest BCUT2D eigenvalue weighted by molar-refractivity contribution is 7.86. The van der Waals surface area contributed by atoms with Crippen molar-refractivity contribution in [2.24, 2.45) is 7.05 Å². The Morgan fingerprint density at radius 3 is 1.70 bits per heavy atom. The third kappa shape index (κ3) is 9.14. The number of aromatic nitrogens is 1. The van der Waals surface area contributed by atoms with Gasteiger partial charge in [-0.05, 0) is 72.5 Å². The van der Waals surface area contributed by atoms with Crippen molar-refractivity contribution in [1.29, 1.82) is 0 Å². The van der Waals surface area contributed by atoms with Crippen molar-refractivity contribution < 1.29 is 59.2 Å². The number of hydrogen-bond acceptors (Lipinski definition) is 9. The van der Waals surface area contributed by atoms with E-state index < -0.39 is 27.6 Å². The number of esters is 2. The molecular weight excluding hydrogens is 727 g/mol. The molecule has 14 heteroatoms. The van der Waals surface area contributed by atoms with Crippen LogP contribution in [0.2, 0.25) is 0 Å². The molecule has 10 nitrogen and oxygen atoms in total. The fourth-order valence-electron chi connectivity index (χ4n) is 5.65. The van der Waals surface area contributed by atoms with E-state index in [-0.39, 0.29) is 6.61 Å². The van der Waals surface area contributed by atoms with Gasteiger partial charge in [-0.1, -0.05) is 60.7 Å².